The Hall–Kier alpha value is -2.69. The van der Waals surface area contributed by atoms with Gasteiger partial charge < -0.3 is 5.11 Å². The van der Waals surface area contributed by atoms with Crippen molar-refractivity contribution >= 4 is 17.0 Å². The third kappa shape index (κ3) is 1.84. The van der Waals surface area contributed by atoms with Gasteiger partial charge in [0.1, 0.15) is 5.52 Å². The van der Waals surface area contributed by atoms with Gasteiger partial charge in [0, 0.05) is 0 Å². The Kier molecular flexibility index (Phi) is 2.75. The lowest BCUT2D eigenvalue weighted by atomic mass is 10.1. The van der Waals surface area contributed by atoms with Gasteiger partial charge in [-0.2, -0.15) is 0 Å². The fraction of sp³-hybridized carbons (Fsp3) is 0.133. The van der Waals surface area contributed by atoms with Crippen molar-refractivity contribution in [1.29, 1.82) is 0 Å². The van der Waals surface area contributed by atoms with Crippen LogP contribution in [0.3, 0.4) is 0 Å². The normalized spacial score (nSPS) is 10.9. The van der Waals surface area contributed by atoms with Crippen LogP contribution in [0.15, 0.2) is 36.4 Å². The highest BCUT2D eigenvalue weighted by molar-refractivity contribution is 6.00. The van der Waals surface area contributed by atoms with Crippen LogP contribution >= 0.6 is 0 Å². The summed E-state index contributed by atoms with van der Waals surface area (Å²) in [5, 5.41) is 17.3. The van der Waals surface area contributed by atoms with Gasteiger partial charge in [0.2, 0.25) is 0 Å². The van der Waals surface area contributed by atoms with Crippen molar-refractivity contribution in [3.05, 3.63) is 53.1 Å². The van der Waals surface area contributed by atoms with Crippen LogP contribution in [0.25, 0.3) is 16.7 Å². The highest BCUT2D eigenvalue weighted by atomic mass is 16.4. The van der Waals surface area contributed by atoms with Gasteiger partial charge in [0.15, 0.2) is 0 Å². The predicted molar refractivity (Wildman–Crippen MR) is 75.3 cm³/mol. The number of hydrogen-bond acceptors (Lipinski definition) is 3. The van der Waals surface area contributed by atoms with E-state index in [9.17, 15) is 9.90 Å². The molecule has 0 amide bonds. The van der Waals surface area contributed by atoms with Crippen LogP contribution in [0.1, 0.15) is 21.5 Å². The number of nitrogens with zero attached hydrogens (tertiary/aromatic N) is 3. The molecule has 0 saturated heterocycles. The molecule has 0 aliphatic rings. The minimum absolute atomic E-state index is 0.165. The van der Waals surface area contributed by atoms with Crippen LogP contribution in [0, 0.1) is 13.8 Å². The van der Waals surface area contributed by atoms with Crippen molar-refractivity contribution < 1.29 is 9.90 Å². The van der Waals surface area contributed by atoms with Gasteiger partial charge in [-0.05, 0) is 37.6 Å². The molecule has 5 heteroatoms. The van der Waals surface area contributed by atoms with Gasteiger partial charge in [0.05, 0.1) is 16.8 Å². The van der Waals surface area contributed by atoms with Crippen molar-refractivity contribution in [1.82, 2.24) is 15.0 Å². The molecule has 0 aliphatic heterocycles. The van der Waals surface area contributed by atoms with Gasteiger partial charge >= 0.3 is 5.97 Å². The summed E-state index contributed by atoms with van der Waals surface area (Å²) < 4.78 is 1.68. The average molecular weight is 267 g/mol. The molecule has 1 N–H and O–H groups in total. The number of carboxylic acids is 1. The summed E-state index contributed by atoms with van der Waals surface area (Å²) >= 11 is 0. The first-order chi connectivity index (χ1) is 9.58. The van der Waals surface area contributed by atoms with Crippen molar-refractivity contribution in [2.24, 2.45) is 0 Å². The van der Waals surface area contributed by atoms with E-state index in [4.69, 9.17) is 0 Å². The molecule has 0 saturated carbocycles. The van der Waals surface area contributed by atoms with E-state index in [1.165, 1.54) is 11.6 Å². The number of benzene rings is 2. The van der Waals surface area contributed by atoms with Crippen molar-refractivity contribution in [2.45, 2.75) is 13.8 Å². The molecule has 0 spiro atoms. The number of carboxylic acid groups (broad SMARTS) is 1. The largest absolute Gasteiger partial charge is 0.478 e. The summed E-state index contributed by atoms with van der Waals surface area (Å²) in [4.78, 5) is 11.2. The molecule has 100 valence electrons. The van der Waals surface area contributed by atoms with Gasteiger partial charge in [0.25, 0.3) is 0 Å². The first-order valence-corrected chi connectivity index (χ1v) is 6.23. The Bertz CT molecular complexity index is 821. The molecule has 3 aromatic rings. The lowest BCUT2D eigenvalue weighted by Gasteiger charge is -2.07. The molecule has 0 bridgehead atoms. The van der Waals surface area contributed by atoms with Crippen LogP contribution in [-0.4, -0.2) is 26.1 Å². The zero-order chi connectivity index (χ0) is 14.3. The van der Waals surface area contributed by atoms with E-state index in [0.29, 0.717) is 11.0 Å². The molecule has 0 fully saturated rings. The standard InChI is InChI=1S/C15H13N3O2/c1-9-6-7-12(10(2)8-9)18-13-5-3-4-11(15(19)20)14(13)16-17-18/h3-8H,1-2H3,(H,19,20). The number of aromatic carboxylic acids is 1. The third-order valence-corrected chi connectivity index (χ3v) is 3.29. The highest BCUT2D eigenvalue weighted by Gasteiger charge is 2.15. The lowest BCUT2D eigenvalue weighted by Crippen LogP contribution is -2.00. The first kappa shape index (κ1) is 12.3. The van der Waals surface area contributed by atoms with Crippen LogP contribution in [0.5, 0.6) is 0 Å². The Morgan fingerprint density at radius 1 is 1.20 bits per heavy atom. The van der Waals surface area contributed by atoms with E-state index in [1.807, 2.05) is 32.0 Å². The number of aromatic nitrogens is 3. The molecule has 0 aliphatic carbocycles. The van der Waals surface area contributed by atoms with Crippen molar-refractivity contribution in [2.75, 3.05) is 0 Å². The monoisotopic (exact) mass is 267 g/mol. The quantitative estimate of drug-likeness (QED) is 0.775. The van der Waals surface area contributed by atoms with E-state index in [1.54, 1.807) is 10.7 Å². The fourth-order valence-electron chi connectivity index (χ4n) is 2.34. The second kappa shape index (κ2) is 4.45. The molecule has 5 nitrogen and oxygen atoms in total. The maximum Gasteiger partial charge on any atom is 0.338 e. The summed E-state index contributed by atoms with van der Waals surface area (Å²) in [6, 6.07) is 11.1. The van der Waals surface area contributed by atoms with Gasteiger partial charge in [-0.1, -0.05) is 29.0 Å². The molecular weight excluding hydrogens is 254 g/mol. The molecule has 1 aromatic heterocycles. The zero-order valence-electron chi connectivity index (χ0n) is 11.2. The third-order valence-electron chi connectivity index (χ3n) is 3.29. The maximum absolute atomic E-state index is 11.2. The van der Waals surface area contributed by atoms with Crippen molar-refractivity contribution in [3.8, 4) is 5.69 Å². The molecule has 1 heterocycles. The van der Waals surface area contributed by atoms with Crippen molar-refractivity contribution in [3.63, 3.8) is 0 Å². The minimum atomic E-state index is -0.997. The van der Waals surface area contributed by atoms with Gasteiger partial charge in [-0.15, -0.1) is 5.10 Å². The molecule has 20 heavy (non-hydrogen) atoms. The topological polar surface area (TPSA) is 68.0 Å². The molecule has 2 aromatic carbocycles. The van der Waals surface area contributed by atoms with Crippen LogP contribution < -0.4 is 0 Å². The number of hydrogen-bond donors (Lipinski definition) is 1. The maximum atomic E-state index is 11.2. The SMILES string of the molecule is Cc1ccc(-n2nnc3c(C(=O)O)cccc32)c(C)c1. The van der Waals surface area contributed by atoms with Crippen LogP contribution in [0.2, 0.25) is 0 Å². The second-order valence-electron chi connectivity index (χ2n) is 4.77. The molecule has 0 radical (unpaired) electrons. The van der Waals surface area contributed by atoms with Gasteiger partial charge in [-0.25, -0.2) is 9.48 Å². The average Bonchev–Trinajstić information content (AvgIpc) is 2.82. The van der Waals surface area contributed by atoms with E-state index < -0.39 is 5.97 Å². The molecule has 3 rings (SSSR count). The van der Waals surface area contributed by atoms with Gasteiger partial charge in [-0.3, -0.25) is 0 Å². The number of fused-ring (bicyclic) bond motifs is 1. The molecule has 0 unspecified atom stereocenters. The number of carbonyl (C=O) groups is 1. The Morgan fingerprint density at radius 3 is 2.70 bits per heavy atom. The predicted octanol–water partition coefficient (Wildman–Crippen LogP) is 2.74. The Balaban J connectivity index is 2.28. The summed E-state index contributed by atoms with van der Waals surface area (Å²) in [5.41, 5.74) is 4.40. The zero-order valence-corrected chi connectivity index (χ0v) is 11.2. The number of rotatable bonds is 2. The minimum Gasteiger partial charge on any atom is -0.478 e. The van der Waals surface area contributed by atoms with Crippen LogP contribution in [0.4, 0.5) is 0 Å². The summed E-state index contributed by atoms with van der Waals surface area (Å²) in [6.45, 7) is 4.02. The van der Waals surface area contributed by atoms with Crippen LogP contribution in [-0.2, 0) is 0 Å². The Labute approximate surface area is 115 Å². The fourth-order valence-corrected chi connectivity index (χ4v) is 2.34. The lowest BCUT2D eigenvalue weighted by molar-refractivity contribution is 0.0699. The Morgan fingerprint density at radius 2 is 2.00 bits per heavy atom. The summed E-state index contributed by atoms with van der Waals surface area (Å²) in [7, 11) is 0. The van der Waals surface area contributed by atoms with E-state index in [-0.39, 0.29) is 5.56 Å². The summed E-state index contributed by atoms with van der Waals surface area (Å²) in [5.74, 6) is -0.997. The highest BCUT2D eigenvalue weighted by Crippen LogP contribution is 2.22. The second-order valence-corrected chi connectivity index (χ2v) is 4.77. The van der Waals surface area contributed by atoms with E-state index >= 15 is 0 Å². The number of aryl methyl sites for hydroxylation is 2. The summed E-state index contributed by atoms with van der Waals surface area (Å²) in [6.07, 6.45) is 0. The van der Waals surface area contributed by atoms with E-state index in [2.05, 4.69) is 16.4 Å². The molecular formula is C15H13N3O2. The first-order valence-electron chi connectivity index (χ1n) is 6.23. The smallest absolute Gasteiger partial charge is 0.338 e. The molecule has 0 atom stereocenters. The van der Waals surface area contributed by atoms with E-state index in [0.717, 1.165) is 11.3 Å².